The molecule has 2 aliphatic heterocycles. The summed E-state index contributed by atoms with van der Waals surface area (Å²) < 4.78 is 2.67. The zero-order chi connectivity index (χ0) is 56.8. The lowest BCUT2D eigenvalue weighted by atomic mass is 9.36. The molecule has 1 aromatic heterocycles. The van der Waals surface area contributed by atoms with E-state index < -0.39 is 0 Å². The summed E-state index contributed by atoms with van der Waals surface area (Å²) in [6.45, 7) is 28.1. The Morgan fingerprint density at radius 1 is 0.317 bits per heavy atom. The Morgan fingerprint density at radius 3 is 1.46 bits per heavy atom. The molecule has 0 radical (unpaired) electrons. The number of fused-ring (bicyclic) bond motifs is 12. The van der Waals surface area contributed by atoms with Gasteiger partial charge in [-0.05, 0) is 176 Å². The summed E-state index contributed by atoms with van der Waals surface area (Å²) in [7, 11) is 0. The van der Waals surface area contributed by atoms with Gasteiger partial charge in [0, 0.05) is 43.2 Å². The minimum absolute atomic E-state index is 0.0148. The van der Waals surface area contributed by atoms with Gasteiger partial charge in [0.05, 0.1) is 11.4 Å². The average molecular weight is 1080 g/mol. The molecule has 3 heterocycles. The van der Waals surface area contributed by atoms with E-state index in [0.29, 0.717) is 0 Å². The fourth-order valence-electron chi connectivity index (χ4n) is 13.2. The monoisotopic (exact) mass is 1080 g/mol. The van der Waals surface area contributed by atoms with Crippen LogP contribution in [0, 0.1) is 0 Å². The molecular weight excluding hydrogens is 1010 g/mol. The summed E-state index contributed by atoms with van der Waals surface area (Å²) in [6.07, 6.45) is 0. The first-order chi connectivity index (χ1) is 39.2. The van der Waals surface area contributed by atoms with Crippen LogP contribution < -0.4 is 25.5 Å². The Kier molecular flexibility index (Phi) is 11.8. The summed E-state index contributed by atoms with van der Waals surface area (Å²) in [4.78, 5) is 5.27. The van der Waals surface area contributed by atoms with Crippen LogP contribution in [0.15, 0.2) is 212 Å². The first-order valence-corrected chi connectivity index (χ1v) is 30.2. The summed E-state index contributed by atoms with van der Waals surface area (Å²) in [6, 6.07) is 81.8. The molecule has 82 heavy (non-hydrogen) atoms. The highest BCUT2D eigenvalue weighted by molar-refractivity contribution is 7.33. The topological polar surface area (TPSA) is 6.48 Å². The maximum Gasteiger partial charge on any atom is 0.264 e. The van der Waals surface area contributed by atoms with Crippen molar-refractivity contribution in [3.05, 3.63) is 235 Å². The van der Waals surface area contributed by atoms with Gasteiger partial charge in [-0.1, -0.05) is 235 Å². The highest BCUT2D eigenvalue weighted by atomic mass is 32.1. The van der Waals surface area contributed by atoms with Crippen LogP contribution in [-0.2, 0) is 21.7 Å². The Bertz CT molecular complexity index is 4500. The van der Waals surface area contributed by atoms with E-state index >= 15 is 0 Å². The van der Waals surface area contributed by atoms with Gasteiger partial charge >= 0.3 is 0 Å². The van der Waals surface area contributed by atoms with E-state index in [1.54, 1.807) is 0 Å². The van der Waals surface area contributed by atoms with Gasteiger partial charge in [-0.25, -0.2) is 0 Å². The van der Waals surface area contributed by atoms with Gasteiger partial charge in [-0.3, -0.25) is 0 Å². The van der Waals surface area contributed by atoms with E-state index in [1.807, 2.05) is 11.3 Å². The smallest absolute Gasteiger partial charge is 0.264 e. The van der Waals surface area contributed by atoms with E-state index in [2.05, 4.69) is 305 Å². The molecule has 0 fully saturated rings. The van der Waals surface area contributed by atoms with Crippen LogP contribution in [0.4, 0.5) is 34.1 Å². The van der Waals surface area contributed by atoms with Gasteiger partial charge in [0.2, 0.25) is 0 Å². The third-order valence-corrected chi connectivity index (χ3v) is 19.0. The largest absolute Gasteiger partial charge is 0.311 e. The van der Waals surface area contributed by atoms with E-state index in [0.717, 1.165) is 5.69 Å². The average Bonchev–Trinajstić information content (AvgIpc) is 1.47. The lowest BCUT2D eigenvalue weighted by Crippen LogP contribution is -2.60. The molecule has 0 saturated heterocycles. The van der Waals surface area contributed by atoms with Crippen molar-refractivity contribution in [3.63, 3.8) is 0 Å². The summed E-state index contributed by atoms with van der Waals surface area (Å²) in [5.41, 5.74) is 22.4. The van der Waals surface area contributed by atoms with Gasteiger partial charge in [-0.15, -0.1) is 11.3 Å². The van der Waals surface area contributed by atoms with Crippen molar-refractivity contribution in [1.82, 2.24) is 0 Å². The maximum absolute atomic E-state index is 2.64. The fourth-order valence-corrected chi connectivity index (χ4v) is 14.5. The van der Waals surface area contributed by atoms with Crippen LogP contribution in [0.1, 0.15) is 105 Å². The minimum Gasteiger partial charge on any atom is -0.311 e. The van der Waals surface area contributed by atoms with Gasteiger partial charge in [0.25, 0.3) is 6.71 Å². The molecule has 14 rings (SSSR count). The maximum atomic E-state index is 2.64. The predicted molar refractivity (Wildman–Crippen MR) is 359 cm³/mol. The number of hydrogen-bond acceptors (Lipinski definition) is 3. The van der Waals surface area contributed by atoms with Gasteiger partial charge in [0.15, 0.2) is 0 Å². The van der Waals surface area contributed by atoms with Gasteiger partial charge in [-0.2, -0.15) is 0 Å². The zero-order valence-corrected chi connectivity index (χ0v) is 50.4. The summed E-state index contributed by atoms with van der Waals surface area (Å²) >= 11 is 1.97. The molecule has 2 aliphatic rings. The lowest BCUT2D eigenvalue weighted by molar-refractivity contribution is 0.569. The van der Waals surface area contributed by atoms with Gasteiger partial charge < -0.3 is 9.80 Å². The second-order valence-electron chi connectivity index (χ2n) is 27.4. The molecule has 12 aromatic rings. The SMILES string of the molecule is CC(C)(C)c1cc(-c2cccc(N3c4cccc5c4B(c4cc(C(C)(C)C)ccc4N5c4ccc(C(C)(C)C)cc4-c4ccc5c6ccccc6c6ccccc6c5c4)c4sc5ccc(-c6ccccc6)cc5c43)c2)cc(C(C)(C)C)c1. The highest BCUT2D eigenvalue weighted by Gasteiger charge is 2.46. The number of anilines is 6. The molecule has 11 aromatic carbocycles. The normalized spacial score (nSPS) is 13.5. The van der Waals surface area contributed by atoms with E-state index in [9.17, 15) is 0 Å². The molecule has 0 N–H and O–H groups in total. The number of nitrogens with zero attached hydrogens (tertiary/aromatic N) is 2. The molecule has 0 saturated carbocycles. The molecular formula is C78H71BN2S. The number of thiophene rings is 1. The summed E-state index contributed by atoms with van der Waals surface area (Å²) in [5.74, 6) is 0. The van der Waals surface area contributed by atoms with Crippen LogP contribution in [-0.4, -0.2) is 6.71 Å². The molecule has 0 atom stereocenters. The molecule has 402 valence electrons. The summed E-state index contributed by atoms with van der Waals surface area (Å²) in [5, 5.41) is 8.97. The zero-order valence-electron chi connectivity index (χ0n) is 49.6. The molecule has 0 unspecified atom stereocenters. The van der Waals surface area contributed by atoms with E-state index in [4.69, 9.17) is 0 Å². The number of benzene rings is 11. The van der Waals surface area contributed by atoms with Crippen molar-refractivity contribution in [1.29, 1.82) is 0 Å². The van der Waals surface area contributed by atoms with E-state index in [-0.39, 0.29) is 28.4 Å². The van der Waals surface area contributed by atoms with Crippen LogP contribution in [0.5, 0.6) is 0 Å². The van der Waals surface area contributed by atoms with Crippen LogP contribution in [0.25, 0.3) is 75.8 Å². The third kappa shape index (κ3) is 8.50. The quantitative estimate of drug-likeness (QED) is 0.125. The minimum atomic E-state index is -0.0825. The Balaban J connectivity index is 1.05. The first-order valence-electron chi connectivity index (χ1n) is 29.4. The Hall–Kier alpha value is -8.18. The van der Waals surface area contributed by atoms with Crippen LogP contribution in [0.3, 0.4) is 0 Å². The predicted octanol–water partition coefficient (Wildman–Crippen LogP) is 20.6. The van der Waals surface area contributed by atoms with E-state index in [1.165, 1.54) is 142 Å². The Labute approximate surface area is 489 Å². The molecule has 4 heteroatoms. The standard InChI is InChI=1S/C78H71BN2S/c1-75(2,3)53-34-37-67(63(46-53)51-32-36-62-60-28-17-16-26-58(60)59-27-18-19-29-61(59)64(62)44-51)81-68-38-35-54(76(4,5)6)47-66(68)79-72-69(30-21-31-70(72)81)80(73-65-43-50(48-22-14-13-15-23-48)33-39-71(65)82-74(73)79)57-25-20-24-49(42-57)52-40-55(77(7,8)9)45-56(41-52)78(10,11)12/h13-47H,1-12H3. The second-order valence-corrected chi connectivity index (χ2v) is 28.5. The number of rotatable bonds is 5. The van der Waals surface area contributed by atoms with Crippen molar-refractivity contribution in [2.24, 2.45) is 0 Å². The fraction of sp³-hybridized carbons (Fsp3) is 0.205. The van der Waals surface area contributed by atoms with Crippen molar-refractivity contribution in [2.45, 2.75) is 105 Å². The second kappa shape index (κ2) is 18.7. The molecule has 0 bridgehead atoms. The highest BCUT2D eigenvalue weighted by Crippen LogP contribution is 2.51. The van der Waals surface area contributed by atoms with Crippen molar-refractivity contribution >= 4 is 110 Å². The molecule has 0 spiro atoms. The van der Waals surface area contributed by atoms with Gasteiger partial charge in [0.1, 0.15) is 0 Å². The van der Waals surface area contributed by atoms with Crippen LogP contribution >= 0.6 is 11.3 Å². The molecule has 0 amide bonds. The lowest BCUT2D eigenvalue weighted by Gasteiger charge is -2.44. The van der Waals surface area contributed by atoms with Crippen molar-refractivity contribution in [3.8, 4) is 33.4 Å². The van der Waals surface area contributed by atoms with Crippen molar-refractivity contribution < 1.29 is 0 Å². The van der Waals surface area contributed by atoms with Crippen molar-refractivity contribution in [2.75, 3.05) is 9.80 Å². The van der Waals surface area contributed by atoms with Crippen LogP contribution in [0.2, 0.25) is 0 Å². The third-order valence-electron chi connectivity index (χ3n) is 17.8. The molecule has 2 nitrogen and oxygen atoms in total. The first kappa shape index (κ1) is 51.9. The Morgan fingerprint density at radius 2 is 0.829 bits per heavy atom. The number of hydrogen-bond donors (Lipinski definition) is 0. The molecule has 0 aliphatic carbocycles.